The lowest BCUT2D eigenvalue weighted by molar-refractivity contribution is 0.0818. The van der Waals surface area contributed by atoms with Crippen molar-refractivity contribution in [3.05, 3.63) is 24.5 Å². The Labute approximate surface area is 242 Å². The molecule has 0 saturated carbocycles. The van der Waals surface area contributed by atoms with Crippen molar-refractivity contribution in [1.82, 2.24) is 34.9 Å². The number of amides is 1. The zero-order valence-electron chi connectivity index (χ0n) is 25.0. The van der Waals surface area contributed by atoms with E-state index >= 15 is 0 Å². The van der Waals surface area contributed by atoms with Crippen LogP contribution in [0.3, 0.4) is 0 Å². The van der Waals surface area contributed by atoms with E-state index in [0.717, 1.165) is 47.2 Å². The van der Waals surface area contributed by atoms with Crippen LogP contribution in [0, 0.1) is 0 Å². The first-order valence-corrected chi connectivity index (χ1v) is 18.2. The van der Waals surface area contributed by atoms with Crippen molar-refractivity contribution in [2.45, 2.75) is 71.3 Å². The van der Waals surface area contributed by atoms with Crippen LogP contribution in [0.5, 0.6) is 0 Å². The topological polar surface area (TPSA) is 125 Å². The number of rotatable bonds is 8. The molecule has 41 heavy (non-hydrogen) atoms. The summed E-state index contributed by atoms with van der Waals surface area (Å²) in [4.78, 5) is 32.0. The highest BCUT2D eigenvalue weighted by atomic mass is 28.3. The van der Waals surface area contributed by atoms with Crippen molar-refractivity contribution in [3.8, 4) is 11.3 Å². The average molecular weight is 582 g/mol. The molecule has 2 saturated heterocycles. The molecule has 0 aliphatic carbocycles. The van der Waals surface area contributed by atoms with E-state index in [0.29, 0.717) is 38.9 Å². The quantitative estimate of drug-likeness (QED) is 0.301. The van der Waals surface area contributed by atoms with E-state index in [1.165, 1.54) is 4.90 Å². The number of fused-ring (bicyclic) bond motifs is 1. The summed E-state index contributed by atoms with van der Waals surface area (Å²) in [5, 5.41) is 17.8. The Bertz CT molecular complexity index is 1350. The second-order valence-electron chi connectivity index (χ2n) is 12.5. The van der Waals surface area contributed by atoms with Gasteiger partial charge in [0, 0.05) is 77.3 Å². The highest BCUT2D eigenvalue weighted by Gasteiger charge is 2.29. The molecule has 1 amide bonds. The van der Waals surface area contributed by atoms with Gasteiger partial charge in [-0.25, -0.2) is 24.4 Å². The standard InChI is InChI=1S/C28H43N9O3Si/c1-19-13-29-14-20(2)37(19)27-31-16-23-26(32-27)25(33-36(23)18-40-11-12-41(4,5)6)22-7-8-24(30-15-22)34-9-10-35(28(38)39)21(3)17-34/h7-8,15-16,19-21,29H,9-14,17-18H2,1-6H3,(H,38,39)/t19-,20+,21-/m1/s1. The Kier molecular flexibility index (Phi) is 8.48. The third kappa shape index (κ3) is 6.46. The van der Waals surface area contributed by atoms with Crippen molar-refractivity contribution >= 4 is 37.0 Å². The summed E-state index contributed by atoms with van der Waals surface area (Å²) in [6, 6.07) is 5.52. The first kappa shape index (κ1) is 29.2. The second-order valence-corrected chi connectivity index (χ2v) is 18.2. The zero-order chi connectivity index (χ0) is 29.3. The van der Waals surface area contributed by atoms with Gasteiger partial charge in [-0.3, -0.25) is 0 Å². The first-order valence-electron chi connectivity index (χ1n) is 14.5. The smallest absolute Gasteiger partial charge is 0.407 e. The molecule has 2 aliphatic rings. The van der Waals surface area contributed by atoms with Crippen molar-refractivity contribution in [2.24, 2.45) is 0 Å². The number of hydrogen-bond donors (Lipinski definition) is 2. The van der Waals surface area contributed by atoms with Gasteiger partial charge in [0.1, 0.15) is 29.3 Å². The van der Waals surface area contributed by atoms with Crippen molar-refractivity contribution in [2.75, 3.05) is 49.1 Å². The van der Waals surface area contributed by atoms with Crippen LogP contribution in [0.2, 0.25) is 25.7 Å². The maximum absolute atomic E-state index is 11.5. The number of nitrogens with one attached hydrogen (secondary N) is 1. The predicted octanol–water partition coefficient (Wildman–Crippen LogP) is 3.58. The van der Waals surface area contributed by atoms with Crippen molar-refractivity contribution in [3.63, 3.8) is 0 Å². The maximum atomic E-state index is 11.5. The Balaban J connectivity index is 1.44. The van der Waals surface area contributed by atoms with Gasteiger partial charge in [-0.2, -0.15) is 5.10 Å². The summed E-state index contributed by atoms with van der Waals surface area (Å²) >= 11 is 0. The fourth-order valence-corrected chi connectivity index (χ4v) is 6.34. The molecule has 3 aromatic rings. The Morgan fingerprint density at radius 2 is 1.83 bits per heavy atom. The van der Waals surface area contributed by atoms with Crippen LogP contribution in [0.4, 0.5) is 16.6 Å². The van der Waals surface area contributed by atoms with Crippen LogP contribution >= 0.6 is 0 Å². The van der Waals surface area contributed by atoms with E-state index in [-0.39, 0.29) is 18.1 Å². The lowest BCUT2D eigenvalue weighted by Gasteiger charge is -2.39. The lowest BCUT2D eigenvalue weighted by Crippen LogP contribution is -2.55. The number of nitrogens with zero attached hydrogens (tertiary/aromatic N) is 8. The normalized spacial score (nSPS) is 22.0. The monoisotopic (exact) mass is 581 g/mol. The average Bonchev–Trinajstić information content (AvgIpc) is 3.28. The molecule has 2 fully saturated rings. The first-order chi connectivity index (χ1) is 19.5. The molecule has 0 bridgehead atoms. The van der Waals surface area contributed by atoms with Crippen LogP contribution < -0.4 is 15.1 Å². The number of hydrogen-bond acceptors (Lipinski definition) is 9. The number of ether oxygens (including phenoxy) is 1. The fraction of sp³-hybridized carbons (Fsp3) is 0.607. The summed E-state index contributed by atoms with van der Waals surface area (Å²) < 4.78 is 7.91. The number of aromatic nitrogens is 5. The second kappa shape index (κ2) is 11.9. The van der Waals surface area contributed by atoms with Gasteiger partial charge in [0.15, 0.2) is 0 Å². The minimum atomic E-state index is -1.20. The molecule has 3 atom stereocenters. The minimum Gasteiger partial charge on any atom is -0.465 e. The number of pyridine rings is 1. The van der Waals surface area contributed by atoms with Crippen molar-refractivity contribution in [1.29, 1.82) is 0 Å². The van der Waals surface area contributed by atoms with Gasteiger partial charge in [-0.15, -0.1) is 0 Å². The molecular weight excluding hydrogens is 538 g/mol. The highest BCUT2D eigenvalue weighted by Crippen LogP contribution is 2.30. The molecule has 0 spiro atoms. The number of piperazine rings is 2. The molecule has 5 heterocycles. The van der Waals surface area contributed by atoms with Gasteiger partial charge >= 0.3 is 6.09 Å². The van der Waals surface area contributed by atoms with Crippen LogP contribution in [0.15, 0.2) is 24.5 Å². The molecule has 0 aromatic carbocycles. The summed E-state index contributed by atoms with van der Waals surface area (Å²) in [6.07, 6.45) is 2.82. The Morgan fingerprint density at radius 3 is 2.46 bits per heavy atom. The predicted molar refractivity (Wildman–Crippen MR) is 163 cm³/mol. The molecule has 222 valence electrons. The van der Waals surface area contributed by atoms with E-state index in [1.54, 1.807) is 0 Å². The largest absolute Gasteiger partial charge is 0.465 e. The molecule has 13 heteroatoms. The number of carboxylic acid groups (broad SMARTS) is 1. The summed E-state index contributed by atoms with van der Waals surface area (Å²) in [5.41, 5.74) is 3.22. The van der Waals surface area contributed by atoms with Gasteiger partial charge in [0.2, 0.25) is 5.95 Å². The van der Waals surface area contributed by atoms with E-state index < -0.39 is 14.2 Å². The summed E-state index contributed by atoms with van der Waals surface area (Å²) in [7, 11) is -1.20. The third-order valence-electron chi connectivity index (χ3n) is 7.97. The zero-order valence-corrected chi connectivity index (χ0v) is 26.0. The molecule has 2 aliphatic heterocycles. The van der Waals surface area contributed by atoms with E-state index in [2.05, 4.69) is 48.6 Å². The minimum absolute atomic E-state index is 0.104. The van der Waals surface area contributed by atoms with E-state index in [9.17, 15) is 9.90 Å². The lowest BCUT2D eigenvalue weighted by atomic mass is 10.1. The van der Waals surface area contributed by atoms with E-state index in [1.807, 2.05) is 36.1 Å². The molecule has 0 unspecified atom stereocenters. The summed E-state index contributed by atoms with van der Waals surface area (Å²) in [6.45, 7) is 17.8. The maximum Gasteiger partial charge on any atom is 0.407 e. The van der Waals surface area contributed by atoms with Crippen molar-refractivity contribution < 1.29 is 14.6 Å². The molecule has 3 aromatic heterocycles. The molecule has 12 nitrogen and oxygen atoms in total. The number of carbonyl (C=O) groups is 1. The molecule has 0 radical (unpaired) electrons. The molecule has 5 rings (SSSR count). The Morgan fingerprint density at radius 1 is 1.07 bits per heavy atom. The third-order valence-corrected chi connectivity index (χ3v) is 9.67. The van der Waals surface area contributed by atoms with Gasteiger partial charge in [-0.1, -0.05) is 19.6 Å². The van der Waals surface area contributed by atoms with Gasteiger partial charge < -0.3 is 29.9 Å². The van der Waals surface area contributed by atoms with Gasteiger partial charge in [0.05, 0.1) is 6.20 Å². The fourth-order valence-electron chi connectivity index (χ4n) is 5.59. The molecular formula is C28H43N9O3Si. The van der Waals surface area contributed by atoms with Crippen LogP contribution in [-0.4, -0.2) is 106 Å². The van der Waals surface area contributed by atoms with Crippen LogP contribution in [0.25, 0.3) is 22.3 Å². The van der Waals surface area contributed by atoms with Crippen LogP contribution in [-0.2, 0) is 11.5 Å². The van der Waals surface area contributed by atoms with Gasteiger partial charge in [0.25, 0.3) is 0 Å². The van der Waals surface area contributed by atoms with E-state index in [4.69, 9.17) is 24.8 Å². The molecule has 2 N–H and O–H groups in total. The highest BCUT2D eigenvalue weighted by molar-refractivity contribution is 6.76. The number of anilines is 2. The Hall–Kier alpha value is -3.29. The SMILES string of the molecule is C[C@@H]1CN(c2ccc(-c3nn(COCC[Si](C)(C)C)c4cnc(N5[C@H](C)CNC[C@@H]5C)nc34)cn2)CCN1C(=O)O. The van der Waals surface area contributed by atoms with Crippen LogP contribution in [0.1, 0.15) is 20.8 Å². The van der Waals surface area contributed by atoms with Gasteiger partial charge in [-0.05, 0) is 38.9 Å². The summed E-state index contributed by atoms with van der Waals surface area (Å²) in [5.74, 6) is 1.53.